The second kappa shape index (κ2) is 13.2. The normalized spacial score (nSPS) is 22.6. The Balaban J connectivity index is 1.25. The third-order valence-electron chi connectivity index (χ3n) is 9.32. The number of likely N-dealkylation sites (tertiary alicyclic amines) is 2. The van der Waals surface area contributed by atoms with Gasteiger partial charge in [0.25, 0.3) is 5.91 Å². The lowest BCUT2D eigenvalue weighted by Crippen LogP contribution is -2.74. The van der Waals surface area contributed by atoms with Gasteiger partial charge in [0.05, 0.1) is 34.4 Å². The third kappa shape index (κ3) is 6.24. The number of fused-ring (bicyclic) bond motifs is 1. The summed E-state index contributed by atoms with van der Waals surface area (Å²) in [4.78, 5) is 43.1. The van der Waals surface area contributed by atoms with Crippen LogP contribution in [0.2, 0.25) is 5.02 Å². The van der Waals surface area contributed by atoms with E-state index in [1.54, 1.807) is 31.4 Å². The second-order valence-electron chi connectivity index (χ2n) is 12.1. The molecule has 2 N–H and O–H groups in total. The van der Waals surface area contributed by atoms with Gasteiger partial charge in [0.2, 0.25) is 5.85 Å². The number of amides is 1. The molecule has 1 aromatic heterocycles. The van der Waals surface area contributed by atoms with Crippen molar-refractivity contribution in [2.45, 2.75) is 63.0 Å². The van der Waals surface area contributed by atoms with E-state index in [-0.39, 0.29) is 46.2 Å². The minimum absolute atomic E-state index is 0.0625. The van der Waals surface area contributed by atoms with Gasteiger partial charge in [0.15, 0.2) is 5.78 Å². The molecular weight excluding hydrogens is 605 g/mol. The monoisotopic (exact) mass is 641 g/mol. The van der Waals surface area contributed by atoms with Crippen LogP contribution in [0.5, 0.6) is 0 Å². The first-order chi connectivity index (χ1) is 21.7. The van der Waals surface area contributed by atoms with Crippen LogP contribution in [0.15, 0.2) is 47.1 Å². The van der Waals surface area contributed by atoms with Gasteiger partial charge >= 0.3 is 5.97 Å². The molecule has 45 heavy (non-hydrogen) atoms. The van der Waals surface area contributed by atoms with Crippen molar-refractivity contribution in [2.24, 2.45) is 5.92 Å². The van der Waals surface area contributed by atoms with E-state index in [1.165, 1.54) is 12.3 Å². The zero-order chi connectivity index (χ0) is 31.7. The number of para-hydroxylation sites is 1. The van der Waals surface area contributed by atoms with Crippen LogP contribution in [0.1, 0.15) is 54.4 Å². The number of hydrogen-bond donors (Lipinski definition) is 2. The Hall–Kier alpha value is -3.35. The number of methoxy groups -OCH3 is 1. The summed E-state index contributed by atoms with van der Waals surface area (Å²) in [6.07, 6.45) is 4.43. The van der Waals surface area contributed by atoms with E-state index in [2.05, 4.69) is 5.32 Å². The molecule has 2 aliphatic heterocycles. The van der Waals surface area contributed by atoms with Crippen molar-refractivity contribution in [3.63, 3.8) is 0 Å². The Bertz CT molecular complexity index is 1580. The predicted octanol–water partition coefficient (Wildman–Crippen LogP) is 5.33. The first-order valence-corrected chi connectivity index (χ1v) is 15.8. The van der Waals surface area contributed by atoms with Gasteiger partial charge in [-0.05, 0) is 62.3 Å². The highest BCUT2D eigenvalue weighted by Crippen LogP contribution is 2.39. The Labute approximate surface area is 265 Å². The van der Waals surface area contributed by atoms with Gasteiger partial charge in [-0.2, -0.15) is 0 Å². The van der Waals surface area contributed by atoms with E-state index in [1.807, 2.05) is 9.80 Å². The molecule has 3 heterocycles. The molecule has 1 unspecified atom stereocenters. The molecule has 3 aliphatic rings. The summed E-state index contributed by atoms with van der Waals surface area (Å²) >= 11 is 6.55. The van der Waals surface area contributed by atoms with Crippen LogP contribution in [0.3, 0.4) is 0 Å². The van der Waals surface area contributed by atoms with Crippen LogP contribution in [0, 0.1) is 11.7 Å². The van der Waals surface area contributed by atoms with Crippen molar-refractivity contribution in [1.82, 2.24) is 9.80 Å². The Morgan fingerprint density at radius 3 is 2.47 bits per heavy atom. The zero-order valence-corrected chi connectivity index (χ0v) is 25.9. The molecular formula is C33H37ClFN3O7. The highest BCUT2D eigenvalue weighted by molar-refractivity contribution is 6.34. The predicted molar refractivity (Wildman–Crippen MR) is 165 cm³/mol. The SMILES string of the molecule is COC1CN(C(O[C@H]2CC[C@H](C(=O)O)CC2)(C(=O)Cc2cc(Cl)c(NC(=O)c3coc4ccccc34)cc2F)N2CCCC2)C1. The fraction of sp³-hybridized carbons (Fsp3) is 0.485. The highest BCUT2D eigenvalue weighted by Gasteiger charge is 2.56. The van der Waals surface area contributed by atoms with E-state index < -0.39 is 29.5 Å². The van der Waals surface area contributed by atoms with Crippen molar-refractivity contribution in [1.29, 1.82) is 0 Å². The summed E-state index contributed by atoms with van der Waals surface area (Å²) in [5.41, 5.74) is 0.993. The number of ether oxygens (including phenoxy) is 2. The smallest absolute Gasteiger partial charge is 0.306 e. The number of hydrogen-bond acceptors (Lipinski definition) is 8. The van der Waals surface area contributed by atoms with Crippen molar-refractivity contribution < 1.29 is 37.8 Å². The number of ketones is 1. The molecule has 3 fully saturated rings. The number of nitrogens with zero attached hydrogens (tertiary/aromatic N) is 2. The molecule has 3 aromatic rings. The number of carbonyl (C=O) groups is 3. The fourth-order valence-corrected chi connectivity index (χ4v) is 6.97. The minimum atomic E-state index is -1.44. The van der Waals surface area contributed by atoms with Gasteiger partial charge in [-0.15, -0.1) is 0 Å². The van der Waals surface area contributed by atoms with E-state index in [0.717, 1.165) is 18.9 Å². The van der Waals surface area contributed by atoms with Crippen molar-refractivity contribution in [3.8, 4) is 0 Å². The number of furan rings is 1. The minimum Gasteiger partial charge on any atom is -0.481 e. The number of carboxylic acids is 1. The van der Waals surface area contributed by atoms with Crippen LogP contribution in [-0.2, 0) is 25.5 Å². The van der Waals surface area contributed by atoms with Crippen LogP contribution in [0.4, 0.5) is 10.1 Å². The lowest BCUT2D eigenvalue weighted by Gasteiger charge is -2.55. The van der Waals surface area contributed by atoms with Crippen molar-refractivity contribution in [3.05, 3.63) is 64.6 Å². The van der Waals surface area contributed by atoms with Crippen LogP contribution in [0.25, 0.3) is 11.0 Å². The average molecular weight is 642 g/mol. The lowest BCUT2D eigenvalue weighted by atomic mass is 9.87. The molecule has 0 radical (unpaired) electrons. The standard InChI is InChI=1S/C33H37ClFN3O7/c1-43-23-17-38(18-23)33(37-12-4-5-13-37,45-22-10-8-20(9-11-22)32(41)42)30(39)15-21-14-26(34)28(16-27(21)35)36-31(40)25-19-44-29-7-3-2-6-24(25)29/h2-3,6-7,14,16,19-20,22-23H,4-5,8-13,15,17-18H2,1H3,(H,36,40)(H,41,42)/t20-,22-,33?. The van der Waals surface area contributed by atoms with E-state index in [0.29, 0.717) is 62.8 Å². The fourth-order valence-electron chi connectivity index (χ4n) is 6.73. The van der Waals surface area contributed by atoms with E-state index >= 15 is 4.39 Å². The summed E-state index contributed by atoms with van der Waals surface area (Å²) in [5, 5.41) is 12.8. The first-order valence-electron chi connectivity index (χ1n) is 15.4. The van der Waals surface area contributed by atoms with E-state index in [9.17, 15) is 19.5 Å². The van der Waals surface area contributed by atoms with Gasteiger partial charge in [-0.25, -0.2) is 4.39 Å². The molecule has 12 heteroatoms. The van der Waals surface area contributed by atoms with Crippen LogP contribution < -0.4 is 5.32 Å². The number of nitrogens with one attached hydrogen (secondary N) is 1. The largest absolute Gasteiger partial charge is 0.481 e. The molecule has 0 spiro atoms. The summed E-state index contributed by atoms with van der Waals surface area (Å²) in [6.45, 7) is 2.22. The van der Waals surface area contributed by atoms with Gasteiger partial charge in [-0.3, -0.25) is 24.2 Å². The number of halogens is 2. The Kier molecular flexibility index (Phi) is 9.26. The Morgan fingerprint density at radius 2 is 1.78 bits per heavy atom. The molecule has 1 aliphatic carbocycles. The lowest BCUT2D eigenvalue weighted by molar-refractivity contribution is -0.282. The molecule has 2 aromatic carbocycles. The number of carboxylic acid groups (broad SMARTS) is 1. The number of aliphatic carboxylic acids is 1. The van der Waals surface area contributed by atoms with E-state index in [4.69, 9.17) is 25.5 Å². The second-order valence-corrected chi connectivity index (χ2v) is 12.5. The van der Waals surface area contributed by atoms with Gasteiger partial charge in [0, 0.05) is 45.1 Å². The van der Waals surface area contributed by atoms with Crippen LogP contribution in [-0.4, -0.2) is 83.9 Å². The van der Waals surface area contributed by atoms with Gasteiger partial charge in [-0.1, -0.05) is 29.8 Å². The molecule has 1 saturated carbocycles. The quantitative estimate of drug-likeness (QED) is 0.286. The zero-order valence-electron chi connectivity index (χ0n) is 25.1. The third-order valence-corrected chi connectivity index (χ3v) is 9.64. The maximum absolute atomic E-state index is 15.7. The molecule has 2 saturated heterocycles. The number of rotatable bonds is 11. The highest BCUT2D eigenvalue weighted by atomic mass is 35.5. The number of benzene rings is 2. The average Bonchev–Trinajstić information content (AvgIpc) is 3.70. The maximum atomic E-state index is 15.7. The molecule has 240 valence electrons. The van der Waals surface area contributed by atoms with Crippen LogP contribution >= 0.6 is 11.6 Å². The summed E-state index contributed by atoms with van der Waals surface area (Å²) < 4.78 is 33.4. The molecule has 10 nitrogen and oxygen atoms in total. The van der Waals surface area contributed by atoms with Crippen molar-refractivity contribution in [2.75, 3.05) is 38.6 Å². The molecule has 6 rings (SSSR count). The summed E-state index contributed by atoms with van der Waals surface area (Å²) in [6, 6.07) is 9.58. The molecule has 1 amide bonds. The molecule has 1 atom stereocenters. The number of carbonyl (C=O) groups excluding carboxylic acids is 2. The molecule has 0 bridgehead atoms. The van der Waals surface area contributed by atoms with Crippen molar-refractivity contribution >= 4 is 45.9 Å². The first kappa shape index (κ1) is 31.6. The maximum Gasteiger partial charge on any atom is 0.306 e. The van der Waals surface area contributed by atoms with Gasteiger partial charge in [0.1, 0.15) is 17.7 Å². The number of anilines is 1. The number of Topliss-reactive ketones (excluding diaryl/α,β-unsaturated/α-hetero) is 1. The summed E-state index contributed by atoms with van der Waals surface area (Å²) in [7, 11) is 1.63. The van der Waals surface area contributed by atoms with Gasteiger partial charge < -0.3 is 24.3 Å². The summed E-state index contributed by atoms with van der Waals surface area (Å²) in [5.74, 6) is -4.20. The Morgan fingerprint density at radius 1 is 1.07 bits per heavy atom. The topological polar surface area (TPSA) is 122 Å².